The second kappa shape index (κ2) is 6.89. The topological polar surface area (TPSA) is 15.3 Å². The Hall–Kier alpha value is -2.11. The number of nitrogens with one attached hydrogen (secondary N) is 1. The van der Waals surface area contributed by atoms with E-state index in [1.165, 1.54) is 0 Å². The van der Waals surface area contributed by atoms with Crippen LogP contribution in [0.1, 0.15) is 18.0 Å². The fourth-order valence-corrected chi connectivity index (χ4v) is 4.03. The Labute approximate surface area is 150 Å². The van der Waals surface area contributed by atoms with Crippen molar-refractivity contribution in [3.8, 4) is 0 Å². The van der Waals surface area contributed by atoms with Crippen LogP contribution in [0.5, 0.6) is 0 Å². The highest BCUT2D eigenvalue weighted by Gasteiger charge is 2.37. The third-order valence-electron chi connectivity index (χ3n) is 5.16. The van der Waals surface area contributed by atoms with E-state index in [0.717, 1.165) is 40.2 Å². The molecule has 0 aliphatic carbocycles. The molecular weight excluding hydrogens is 337 g/mol. The fraction of sp³-hybridized carbons (Fsp3) is 0.333. The van der Waals surface area contributed by atoms with Gasteiger partial charge in [-0.15, -0.1) is 0 Å². The molecule has 0 radical (unpaired) electrons. The van der Waals surface area contributed by atoms with Gasteiger partial charge in [0.1, 0.15) is 0 Å². The number of fused-ring (bicyclic) bond motifs is 2. The fourth-order valence-electron chi connectivity index (χ4n) is 4.03. The van der Waals surface area contributed by atoms with Crippen LogP contribution in [0.4, 0.5) is 13.2 Å². The highest BCUT2D eigenvalue weighted by Crippen LogP contribution is 2.41. The van der Waals surface area contributed by atoms with Crippen LogP contribution in [0.25, 0.3) is 21.5 Å². The molecule has 0 spiro atoms. The molecule has 1 heterocycles. The SMILES string of the molecule is FC(F)(F)C[C@H](c1c2ccccc2cc2ccccc12)N1CCNCC1. The largest absolute Gasteiger partial charge is 0.390 e. The number of nitrogens with zero attached hydrogens (tertiary/aromatic N) is 1. The van der Waals surface area contributed by atoms with Crippen LogP contribution in [-0.4, -0.2) is 37.3 Å². The molecule has 5 heteroatoms. The second-order valence-electron chi connectivity index (χ2n) is 6.85. The Morgan fingerprint density at radius 1 is 0.885 bits per heavy atom. The maximum absolute atomic E-state index is 13.5. The summed E-state index contributed by atoms with van der Waals surface area (Å²) in [5, 5.41) is 7.05. The van der Waals surface area contributed by atoms with Crippen LogP contribution in [0.2, 0.25) is 0 Å². The zero-order valence-electron chi connectivity index (χ0n) is 14.4. The van der Waals surface area contributed by atoms with Gasteiger partial charge in [0.05, 0.1) is 6.42 Å². The zero-order chi connectivity index (χ0) is 18.1. The van der Waals surface area contributed by atoms with Gasteiger partial charge in [0.25, 0.3) is 0 Å². The highest BCUT2D eigenvalue weighted by atomic mass is 19.4. The minimum Gasteiger partial charge on any atom is -0.314 e. The molecular formula is C21H21F3N2. The first-order valence-corrected chi connectivity index (χ1v) is 8.95. The number of hydrogen-bond acceptors (Lipinski definition) is 2. The van der Waals surface area contributed by atoms with Gasteiger partial charge in [0.15, 0.2) is 0 Å². The number of hydrogen-bond donors (Lipinski definition) is 1. The van der Waals surface area contributed by atoms with Crippen LogP contribution in [0.15, 0.2) is 54.6 Å². The maximum Gasteiger partial charge on any atom is 0.390 e. The van der Waals surface area contributed by atoms with E-state index in [1.54, 1.807) is 0 Å². The van der Waals surface area contributed by atoms with E-state index >= 15 is 0 Å². The third-order valence-corrected chi connectivity index (χ3v) is 5.16. The predicted molar refractivity (Wildman–Crippen MR) is 99.3 cm³/mol. The average molecular weight is 358 g/mol. The van der Waals surface area contributed by atoms with Crippen LogP contribution < -0.4 is 5.32 Å². The second-order valence-corrected chi connectivity index (χ2v) is 6.85. The van der Waals surface area contributed by atoms with Gasteiger partial charge in [-0.25, -0.2) is 0 Å². The van der Waals surface area contributed by atoms with E-state index in [2.05, 4.69) is 11.4 Å². The number of benzene rings is 3. The molecule has 1 aliphatic heterocycles. The monoisotopic (exact) mass is 358 g/mol. The van der Waals surface area contributed by atoms with Gasteiger partial charge in [-0.3, -0.25) is 4.90 Å². The lowest BCUT2D eigenvalue weighted by atomic mass is 9.89. The molecule has 1 atom stereocenters. The summed E-state index contributed by atoms with van der Waals surface area (Å²) in [4.78, 5) is 1.98. The molecule has 1 saturated heterocycles. The van der Waals surface area contributed by atoms with Gasteiger partial charge in [-0.2, -0.15) is 13.2 Å². The summed E-state index contributed by atoms with van der Waals surface area (Å²) in [5.74, 6) is 0. The van der Waals surface area contributed by atoms with E-state index in [0.29, 0.717) is 13.1 Å². The van der Waals surface area contributed by atoms with Crippen molar-refractivity contribution < 1.29 is 13.2 Å². The van der Waals surface area contributed by atoms with Gasteiger partial charge in [0, 0.05) is 32.2 Å². The standard InChI is InChI=1S/C21H21F3N2/c22-21(23,24)14-19(26-11-9-25-10-12-26)20-17-7-3-1-5-15(17)13-16-6-2-4-8-18(16)20/h1-8,13,19,25H,9-12,14H2/t19-/m1/s1. The minimum atomic E-state index is -4.21. The van der Waals surface area contributed by atoms with Crippen molar-refractivity contribution in [2.24, 2.45) is 0 Å². The molecule has 2 nitrogen and oxygen atoms in total. The molecule has 4 rings (SSSR count). The van der Waals surface area contributed by atoms with Crippen molar-refractivity contribution in [2.75, 3.05) is 26.2 Å². The third kappa shape index (κ3) is 3.41. The smallest absolute Gasteiger partial charge is 0.314 e. The Morgan fingerprint density at radius 2 is 1.42 bits per heavy atom. The Balaban J connectivity index is 1.96. The Bertz CT molecular complexity index is 860. The molecule has 0 bridgehead atoms. The average Bonchev–Trinajstić information content (AvgIpc) is 2.64. The quantitative estimate of drug-likeness (QED) is 0.671. The maximum atomic E-state index is 13.5. The molecule has 0 aromatic heterocycles. The summed E-state index contributed by atoms with van der Waals surface area (Å²) in [6.45, 7) is 2.69. The van der Waals surface area contributed by atoms with E-state index in [4.69, 9.17) is 0 Å². The van der Waals surface area contributed by atoms with Gasteiger partial charge in [-0.1, -0.05) is 48.5 Å². The molecule has 1 fully saturated rings. The van der Waals surface area contributed by atoms with Crippen LogP contribution in [0.3, 0.4) is 0 Å². The lowest BCUT2D eigenvalue weighted by Crippen LogP contribution is -2.46. The first kappa shape index (κ1) is 17.3. The summed E-state index contributed by atoms with van der Waals surface area (Å²) >= 11 is 0. The minimum absolute atomic E-state index is 0.623. The first-order chi connectivity index (χ1) is 12.5. The van der Waals surface area contributed by atoms with E-state index in [9.17, 15) is 13.2 Å². The summed E-state index contributed by atoms with van der Waals surface area (Å²) in [5.41, 5.74) is 0.804. The predicted octanol–water partition coefficient (Wildman–Crippen LogP) is 4.89. The Morgan fingerprint density at radius 3 is 1.96 bits per heavy atom. The van der Waals surface area contributed by atoms with Crippen LogP contribution in [0, 0.1) is 0 Å². The van der Waals surface area contributed by atoms with Crippen molar-refractivity contribution >= 4 is 21.5 Å². The van der Waals surface area contributed by atoms with Crippen LogP contribution in [-0.2, 0) is 0 Å². The lowest BCUT2D eigenvalue weighted by Gasteiger charge is -2.36. The first-order valence-electron chi connectivity index (χ1n) is 8.95. The number of rotatable bonds is 3. The van der Waals surface area contributed by atoms with Gasteiger partial charge < -0.3 is 5.32 Å². The molecule has 26 heavy (non-hydrogen) atoms. The van der Waals surface area contributed by atoms with E-state index in [1.807, 2.05) is 53.4 Å². The Kier molecular flexibility index (Phi) is 4.59. The molecule has 3 aromatic rings. The van der Waals surface area contributed by atoms with Crippen molar-refractivity contribution in [2.45, 2.75) is 18.6 Å². The normalized spacial score (nSPS) is 17.7. The summed E-state index contributed by atoms with van der Waals surface area (Å²) in [6.07, 6.45) is -5.04. The summed E-state index contributed by atoms with van der Waals surface area (Å²) in [7, 11) is 0. The number of piperazine rings is 1. The molecule has 136 valence electrons. The van der Waals surface area contributed by atoms with Crippen LogP contribution >= 0.6 is 0 Å². The van der Waals surface area contributed by atoms with E-state index in [-0.39, 0.29) is 0 Å². The number of alkyl halides is 3. The molecule has 1 aliphatic rings. The highest BCUT2D eigenvalue weighted by molar-refractivity contribution is 6.02. The van der Waals surface area contributed by atoms with E-state index < -0.39 is 18.6 Å². The molecule has 3 aromatic carbocycles. The van der Waals surface area contributed by atoms with Crippen molar-refractivity contribution in [3.63, 3.8) is 0 Å². The zero-order valence-corrected chi connectivity index (χ0v) is 14.4. The number of halogens is 3. The van der Waals surface area contributed by atoms with Crippen molar-refractivity contribution in [3.05, 3.63) is 60.2 Å². The van der Waals surface area contributed by atoms with Gasteiger partial charge >= 0.3 is 6.18 Å². The molecule has 0 amide bonds. The van der Waals surface area contributed by atoms with Gasteiger partial charge in [0.2, 0.25) is 0 Å². The summed E-state index contributed by atoms with van der Waals surface area (Å²) < 4.78 is 40.5. The van der Waals surface area contributed by atoms with Gasteiger partial charge in [-0.05, 0) is 33.2 Å². The molecule has 0 saturated carbocycles. The molecule has 1 N–H and O–H groups in total. The lowest BCUT2D eigenvalue weighted by molar-refractivity contribution is -0.148. The molecule has 0 unspecified atom stereocenters. The van der Waals surface area contributed by atoms with Crippen molar-refractivity contribution in [1.29, 1.82) is 0 Å². The van der Waals surface area contributed by atoms with Crippen molar-refractivity contribution in [1.82, 2.24) is 10.2 Å². The summed E-state index contributed by atoms with van der Waals surface area (Å²) in [6, 6.07) is 16.9.